The molecule has 0 aliphatic carbocycles. The van der Waals surface area contributed by atoms with Gasteiger partial charge in [-0.1, -0.05) is 6.92 Å². The molecule has 0 radical (unpaired) electrons. The molecule has 0 aromatic rings. The van der Waals surface area contributed by atoms with Crippen LogP contribution in [0.1, 0.15) is 34.1 Å². The largest absolute Gasteiger partial charge is 0.360 e. The Hall–Kier alpha value is -0.610. The summed E-state index contributed by atoms with van der Waals surface area (Å²) < 4.78 is 6.09. The summed E-state index contributed by atoms with van der Waals surface area (Å²) in [4.78, 5) is 14.1. The van der Waals surface area contributed by atoms with Crippen molar-refractivity contribution in [3.05, 3.63) is 0 Å². The van der Waals surface area contributed by atoms with Crippen LogP contribution in [0.25, 0.3) is 0 Å². The Balaban J connectivity index is 2.22. The van der Waals surface area contributed by atoms with Gasteiger partial charge in [-0.25, -0.2) is 0 Å². The van der Waals surface area contributed by atoms with Crippen molar-refractivity contribution in [1.29, 1.82) is 0 Å². The molecule has 17 heavy (non-hydrogen) atoms. The molecule has 1 N–H and O–H groups in total. The van der Waals surface area contributed by atoms with Gasteiger partial charge in [-0.3, -0.25) is 4.79 Å². The van der Waals surface area contributed by atoms with Gasteiger partial charge < -0.3 is 15.0 Å². The lowest BCUT2D eigenvalue weighted by molar-refractivity contribution is -0.199. The van der Waals surface area contributed by atoms with Gasteiger partial charge in [-0.05, 0) is 39.7 Å². The zero-order chi connectivity index (χ0) is 12.6. The van der Waals surface area contributed by atoms with E-state index in [1.807, 2.05) is 11.8 Å². The third-order valence-corrected chi connectivity index (χ3v) is 4.18. The average molecular weight is 240 g/mol. The van der Waals surface area contributed by atoms with Gasteiger partial charge >= 0.3 is 0 Å². The molecule has 0 saturated carbocycles. The second-order valence-corrected chi connectivity index (χ2v) is 5.74. The minimum absolute atomic E-state index is 0.136. The molecule has 2 aliphatic heterocycles. The van der Waals surface area contributed by atoms with Crippen molar-refractivity contribution in [3.63, 3.8) is 0 Å². The summed E-state index contributed by atoms with van der Waals surface area (Å²) in [6.45, 7) is 11.0. The Kier molecular flexibility index (Phi) is 3.46. The number of piperidine rings is 1. The Morgan fingerprint density at radius 1 is 1.47 bits per heavy atom. The monoisotopic (exact) mass is 240 g/mol. The second-order valence-electron chi connectivity index (χ2n) is 5.74. The van der Waals surface area contributed by atoms with Crippen LogP contribution in [0.5, 0.6) is 0 Å². The number of ether oxygens (including phenoxy) is 1. The second kappa shape index (κ2) is 4.58. The number of rotatable bonds is 1. The third-order valence-electron chi connectivity index (χ3n) is 4.18. The number of morpholine rings is 1. The highest BCUT2D eigenvalue weighted by Gasteiger charge is 2.48. The van der Waals surface area contributed by atoms with E-state index in [4.69, 9.17) is 4.74 Å². The fourth-order valence-electron chi connectivity index (χ4n) is 2.94. The first-order chi connectivity index (χ1) is 7.96. The van der Waals surface area contributed by atoms with Crippen molar-refractivity contribution in [2.45, 2.75) is 51.9 Å². The number of carbonyl (C=O) groups excluding carboxylic acids is 1. The van der Waals surface area contributed by atoms with Gasteiger partial charge in [0.05, 0.1) is 12.1 Å². The molecule has 4 heteroatoms. The number of amides is 1. The molecule has 3 atom stereocenters. The maximum atomic E-state index is 12.1. The highest BCUT2D eigenvalue weighted by atomic mass is 16.5. The van der Waals surface area contributed by atoms with Gasteiger partial charge in [-0.2, -0.15) is 0 Å². The molecule has 4 nitrogen and oxygen atoms in total. The maximum Gasteiger partial charge on any atom is 0.251 e. The molecular formula is C13H24N2O2. The third kappa shape index (κ3) is 2.20. The quantitative estimate of drug-likeness (QED) is 0.744. The fourth-order valence-corrected chi connectivity index (χ4v) is 2.94. The van der Waals surface area contributed by atoms with E-state index in [9.17, 15) is 4.79 Å². The van der Waals surface area contributed by atoms with Crippen LogP contribution in [0.2, 0.25) is 0 Å². The summed E-state index contributed by atoms with van der Waals surface area (Å²) in [6, 6.07) is 0.257. The number of nitrogens with zero attached hydrogens (tertiary/aromatic N) is 1. The topological polar surface area (TPSA) is 41.6 Å². The molecule has 0 unspecified atom stereocenters. The highest BCUT2D eigenvalue weighted by Crippen LogP contribution is 2.35. The van der Waals surface area contributed by atoms with E-state index < -0.39 is 0 Å². The van der Waals surface area contributed by atoms with E-state index in [1.54, 1.807) is 0 Å². The summed E-state index contributed by atoms with van der Waals surface area (Å²) >= 11 is 0. The highest BCUT2D eigenvalue weighted by molar-refractivity contribution is 5.81. The first-order valence-electron chi connectivity index (χ1n) is 6.65. The summed E-state index contributed by atoms with van der Waals surface area (Å²) in [5.74, 6) is 0.587. The van der Waals surface area contributed by atoms with Crippen LogP contribution in [0.4, 0.5) is 0 Å². The Bertz CT molecular complexity index is 306. The minimum Gasteiger partial charge on any atom is -0.360 e. The van der Waals surface area contributed by atoms with E-state index in [-0.39, 0.29) is 23.7 Å². The molecule has 2 rings (SSSR count). The summed E-state index contributed by atoms with van der Waals surface area (Å²) in [6.07, 6.45) is 0.696. The van der Waals surface area contributed by atoms with Gasteiger partial charge in [0.2, 0.25) is 0 Å². The Morgan fingerprint density at radius 3 is 2.76 bits per heavy atom. The standard InChI is InChI=1S/C13H24N2O2/c1-9(2)15-8-13(17-11(4)12(15)16)5-6-14-7-10(13)3/h9-11,14H,5-8H2,1-4H3/t10-,11-,13-/m1/s1. The van der Waals surface area contributed by atoms with E-state index in [0.717, 1.165) is 26.1 Å². The van der Waals surface area contributed by atoms with E-state index in [2.05, 4.69) is 26.1 Å². The van der Waals surface area contributed by atoms with E-state index in [0.29, 0.717) is 5.92 Å². The van der Waals surface area contributed by atoms with Crippen LogP contribution >= 0.6 is 0 Å². The molecule has 2 heterocycles. The molecule has 0 aromatic heterocycles. The summed E-state index contributed by atoms with van der Waals surface area (Å²) in [7, 11) is 0. The van der Waals surface area contributed by atoms with Gasteiger partial charge in [-0.15, -0.1) is 0 Å². The normalized spacial score (nSPS) is 39.1. The molecule has 2 fully saturated rings. The van der Waals surface area contributed by atoms with Gasteiger partial charge in [0.1, 0.15) is 6.10 Å². The number of hydrogen-bond acceptors (Lipinski definition) is 3. The predicted molar refractivity (Wildman–Crippen MR) is 66.8 cm³/mol. The van der Waals surface area contributed by atoms with Crippen molar-refractivity contribution >= 4 is 5.91 Å². The lowest BCUT2D eigenvalue weighted by Gasteiger charge is -2.51. The van der Waals surface area contributed by atoms with E-state index >= 15 is 0 Å². The zero-order valence-electron chi connectivity index (χ0n) is 11.3. The SMILES string of the molecule is CC(C)N1C[C@@]2(CCNC[C@H]2C)O[C@H](C)C1=O. The minimum atomic E-state index is -0.299. The lowest BCUT2D eigenvalue weighted by atomic mass is 9.80. The molecule has 2 aliphatic rings. The summed E-state index contributed by atoms with van der Waals surface area (Å²) in [5, 5.41) is 3.39. The van der Waals surface area contributed by atoms with Crippen LogP contribution in [0.15, 0.2) is 0 Å². The van der Waals surface area contributed by atoms with Crippen molar-refractivity contribution < 1.29 is 9.53 Å². The molecular weight excluding hydrogens is 216 g/mol. The van der Waals surface area contributed by atoms with Crippen molar-refractivity contribution in [3.8, 4) is 0 Å². The molecule has 0 aromatic carbocycles. The number of hydrogen-bond donors (Lipinski definition) is 1. The van der Waals surface area contributed by atoms with Gasteiger partial charge in [0, 0.05) is 12.6 Å². The van der Waals surface area contributed by atoms with Crippen LogP contribution in [-0.4, -0.2) is 48.2 Å². The average Bonchev–Trinajstić information content (AvgIpc) is 2.27. The zero-order valence-corrected chi connectivity index (χ0v) is 11.3. The lowest BCUT2D eigenvalue weighted by Crippen LogP contribution is -2.65. The maximum absolute atomic E-state index is 12.1. The van der Waals surface area contributed by atoms with E-state index in [1.165, 1.54) is 0 Å². The molecule has 0 bridgehead atoms. The van der Waals surface area contributed by atoms with Crippen molar-refractivity contribution in [2.24, 2.45) is 5.92 Å². The first-order valence-corrected chi connectivity index (χ1v) is 6.65. The molecule has 1 spiro atoms. The van der Waals surface area contributed by atoms with Gasteiger partial charge in [0.15, 0.2) is 0 Å². The Labute approximate surface area is 104 Å². The first kappa shape index (κ1) is 12.8. The predicted octanol–water partition coefficient (Wildman–Crippen LogP) is 1.01. The van der Waals surface area contributed by atoms with Crippen LogP contribution < -0.4 is 5.32 Å². The number of nitrogens with one attached hydrogen (secondary N) is 1. The number of carbonyl (C=O) groups is 1. The fraction of sp³-hybridized carbons (Fsp3) is 0.923. The van der Waals surface area contributed by atoms with Gasteiger partial charge in [0.25, 0.3) is 5.91 Å². The van der Waals surface area contributed by atoms with Crippen molar-refractivity contribution in [1.82, 2.24) is 10.2 Å². The van der Waals surface area contributed by atoms with Crippen LogP contribution in [0, 0.1) is 5.92 Å². The van der Waals surface area contributed by atoms with Crippen LogP contribution in [-0.2, 0) is 9.53 Å². The summed E-state index contributed by atoms with van der Waals surface area (Å²) in [5.41, 5.74) is -0.136. The smallest absolute Gasteiger partial charge is 0.251 e. The Morgan fingerprint density at radius 2 is 2.18 bits per heavy atom. The molecule has 2 saturated heterocycles. The van der Waals surface area contributed by atoms with Crippen LogP contribution in [0.3, 0.4) is 0 Å². The van der Waals surface area contributed by atoms with Crippen molar-refractivity contribution in [2.75, 3.05) is 19.6 Å². The molecule has 98 valence electrons. The molecule has 1 amide bonds.